The summed E-state index contributed by atoms with van der Waals surface area (Å²) >= 11 is 0. The van der Waals surface area contributed by atoms with Crippen LogP contribution in [0.5, 0.6) is 0 Å². The SMILES string of the molecule is CN1CCN(C2=CC3CC(=C2)[C@@H]2C[C@@H]3CCN2C(=O)OCc2ccccc2)CC1. The lowest BCUT2D eigenvalue weighted by atomic mass is 9.67. The quantitative estimate of drug-likeness (QED) is 0.788. The smallest absolute Gasteiger partial charge is 0.410 e. The minimum Gasteiger partial charge on any atom is -0.445 e. The van der Waals surface area contributed by atoms with Crippen LogP contribution in [0.15, 0.2) is 53.8 Å². The summed E-state index contributed by atoms with van der Waals surface area (Å²) in [6.45, 7) is 5.59. The van der Waals surface area contributed by atoms with Crippen LogP contribution in [0.2, 0.25) is 0 Å². The van der Waals surface area contributed by atoms with Gasteiger partial charge in [-0.3, -0.25) is 0 Å². The molecule has 4 aliphatic rings. The van der Waals surface area contributed by atoms with E-state index in [2.05, 4.69) is 29.0 Å². The molecule has 1 aromatic rings. The first kappa shape index (κ1) is 18.7. The first-order chi connectivity index (χ1) is 14.2. The van der Waals surface area contributed by atoms with E-state index in [0.717, 1.165) is 57.5 Å². The first-order valence-corrected chi connectivity index (χ1v) is 11.0. The molecule has 4 bridgehead atoms. The summed E-state index contributed by atoms with van der Waals surface area (Å²) in [6.07, 6.45) is 8.03. The number of likely N-dealkylation sites (tertiary alicyclic amines) is 1. The third-order valence-electron chi connectivity index (χ3n) is 7.17. The van der Waals surface area contributed by atoms with Crippen molar-refractivity contribution in [2.75, 3.05) is 39.8 Å². The van der Waals surface area contributed by atoms with Crippen molar-refractivity contribution in [3.05, 3.63) is 59.3 Å². The second-order valence-corrected chi connectivity index (χ2v) is 9.00. The molecule has 29 heavy (non-hydrogen) atoms. The predicted octanol–water partition coefficient (Wildman–Crippen LogP) is 3.50. The maximum atomic E-state index is 12.9. The number of carbonyl (C=O) groups excluding carboxylic acids is 1. The van der Waals surface area contributed by atoms with E-state index in [-0.39, 0.29) is 12.1 Å². The molecule has 5 rings (SSSR count). The summed E-state index contributed by atoms with van der Waals surface area (Å²) in [5.41, 5.74) is 3.86. The van der Waals surface area contributed by atoms with Crippen LogP contribution in [0.25, 0.3) is 0 Å². The molecule has 154 valence electrons. The topological polar surface area (TPSA) is 36.0 Å². The number of benzene rings is 1. The second-order valence-electron chi connectivity index (χ2n) is 9.00. The van der Waals surface area contributed by atoms with Gasteiger partial charge in [0.05, 0.1) is 6.04 Å². The van der Waals surface area contributed by atoms with E-state index >= 15 is 0 Å². The van der Waals surface area contributed by atoms with Crippen molar-refractivity contribution < 1.29 is 9.53 Å². The zero-order valence-corrected chi connectivity index (χ0v) is 17.3. The number of nitrogens with zero attached hydrogens (tertiary/aromatic N) is 3. The highest BCUT2D eigenvalue weighted by Crippen LogP contribution is 2.46. The Morgan fingerprint density at radius 1 is 1.10 bits per heavy atom. The van der Waals surface area contributed by atoms with Crippen LogP contribution in [0.3, 0.4) is 0 Å². The fourth-order valence-electron chi connectivity index (χ4n) is 5.40. The molecule has 2 aliphatic heterocycles. The molecule has 0 radical (unpaired) electrons. The van der Waals surface area contributed by atoms with E-state index in [0.29, 0.717) is 18.4 Å². The number of rotatable bonds is 3. The molecule has 3 fully saturated rings. The normalized spacial score (nSPS) is 29.2. The highest BCUT2D eigenvalue weighted by atomic mass is 16.6. The summed E-state index contributed by atoms with van der Waals surface area (Å²) < 4.78 is 5.68. The van der Waals surface area contributed by atoms with Crippen molar-refractivity contribution in [1.29, 1.82) is 0 Å². The summed E-state index contributed by atoms with van der Waals surface area (Å²) in [4.78, 5) is 19.8. The molecule has 5 nitrogen and oxygen atoms in total. The summed E-state index contributed by atoms with van der Waals surface area (Å²) in [7, 11) is 2.20. The number of hydrogen-bond donors (Lipinski definition) is 0. The molecule has 0 N–H and O–H groups in total. The fourth-order valence-corrected chi connectivity index (χ4v) is 5.40. The number of likely N-dealkylation sites (N-methyl/N-ethyl adjacent to an activating group) is 1. The zero-order valence-electron chi connectivity index (χ0n) is 17.3. The Hall–Kier alpha value is -2.27. The van der Waals surface area contributed by atoms with Gasteiger partial charge in [-0.2, -0.15) is 0 Å². The number of piperidine rings is 1. The van der Waals surface area contributed by atoms with Crippen molar-refractivity contribution in [1.82, 2.24) is 14.7 Å². The Bertz CT molecular complexity index is 811. The minimum atomic E-state index is -0.160. The van der Waals surface area contributed by atoms with Crippen LogP contribution >= 0.6 is 0 Å². The first-order valence-electron chi connectivity index (χ1n) is 11.0. The van der Waals surface area contributed by atoms with Crippen molar-refractivity contribution in [2.45, 2.75) is 31.9 Å². The molecule has 1 aromatic carbocycles. The number of amides is 1. The Balaban J connectivity index is 1.30. The van der Waals surface area contributed by atoms with Gasteiger partial charge in [0.1, 0.15) is 6.61 Å². The molecule has 2 aliphatic carbocycles. The van der Waals surface area contributed by atoms with E-state index in [1.54, 1.807) is 0 Å². The fraction of sp³-hybridized carbons (Fsp3) is 0.542. The Morgan fingerprint density at radius 2 is 1.90 bits per heavy atom. The molecule has 1 saturated carbocycles. The molecule has 2 saturated heterocycles. The number of hydrogen-bond acceptors (Lipinski definition) is 4. The van der Waals surface area contributed by atoms with E-state index in [4.69, 9.17) is 4.74 Å². The van der Waals surface area contributed by atoms with Gasteiger partial charge in [0.15, 0.2) is 0 Å². The minimum absolute atomic E-state index is 0.160. The molecular formula is C24H31N3O2. The molecule has 0 aromatic heterocycles. The van der Waals surface area contributed by atoms with Gasteiger partial charge in [0, 0.05) is 38.4 Å². The van der Waals surface area contributed by atoms with Crippen molar-refractivity contribution in [3.63, 3.8) is 0 Å². The molecular weight excluding hydrogens is 362 g/mol. The standard InChI is InChI=1S/C24H31N3O2/c1-25-9-11-26(12-10-25)22-14-20-13-21(15-22)23-16-19(20)7-8-27(23)24(28)29-17-18-5-3-2-4-6-18/h2-6,14-15,19-20,23H,7-13,16-17H2,1H3/t19-,20?,23-/m0/s1. The molecule has 3 atom stereocenters. The maximum Gasteiger partial charge on any atom is 0.410 e. The molecule has 1 unspecified atom stereocenters. The van der Waals surface area contributed by atoms with E-state index in [9.17, 15) is 4.79 Å². The average molecular weight is 394 g/mol. The zero-order chi connectivity index (χ0) is 19.8. The highest BCUT2D eigenvalue weighted by molar-refractivity contribution is 5.69. The predicted molar refractivity (Wildman–Crippen MR) is 113 cm³/mol. The summed E-state index contributed by atoms with van der Waals surface area (Å²) in [6, 6.07) is 10.2. The third kappa shape index (κ3) is 3.80. The van der Waals surface area contributed by atoms with E-state index in [1.165, 1.54) is 11.3 Å². The molecule has 5 heteroatoms. The number of piperazine rings is 1. The second kappa shape index (κ2) is 7.86. The summed E-state index contributed by atoms with van der Waals surface area (Å²) in [5.74, 6) is 1.33. The molecule has 2 heterocycles. The molecule has 1 amide bonds. The molecule has 0 spiro atoms. The van der Waals surface area contributed by atoms with Crippen LogP contribution in [0, 0.1) is 11.8 Å². The third-order valence-corrected chi connectivity index (χ3v) is 7.17. The lowest BCUT2D eigenvalue weighted by molar-refractivity contribution is 0.0480. The van der Waals surface area contributed by atoms with Gasteiger partial charge in [0.25, 0.3) is 0 Å². The Morgan fingerprint density at radius 3 is 2.69 bits per heavy atom. The van der Waals surface area contributed by atoms with Crippen molar-refractivity contribution >= 4 is 6.09 Å². The number of carbonyl (C=O) groups is 1. The number of ether oxygens (including phenoxy) is 1. The van der Waals surface area contributed by atoms with Crippen LogP contribution in [0.4, 0.5) is 4.79 Å². The lowest BCUT2D eigenvalue weighted by Gasteiger charge is -2.49. The van der Waals surface area contributed by atoms with Crippen LogP contribution in [-0.4, -0.2) is 66.6 Å². The van der Waals surface area contributed by atoms with Gasteiger partial charge in [-0.05, 0) is 55.4 Å². The van der Waals surface area contributed by atoms with E-state index < -0.39 is 0 Å². The Labute approximate surface area is 173 Å². The van der Waals surface area contributed by atoms with Gasteiger partial charge in [-0.15, -0.1) is 0 Å². The van der Waals surface area contributed by atoms with Crippen molar-refractivity contribution in [2.24, 2.45) is 11.8 Å². The van der Waals surface area contributed by atoms with Gasteiger partial charge in [0.2, 0.25) is 0 Å². The number of fused-ring (bicyclic) bond motifs is 6. The van der Waals surface area contributed by atoms with Gasteiger partial charge < -0.3 is 19.4 Å². The van der Waals surface area contributed by atoms with Gasteiger partial charge in [-0.25, -0.2) is 4.79 Å². The Kier molecular flexibility index (Phi) is 5.08. The van der Waals surface area contributed by atoms with E-state index in [1.807, 2.05) is 35.2 Å². The lowest BCUT2D eigenvalue weighted by Crippen LogP contribution is -2.52. The number of allylic oxidation sites excluding steroid dienone is 2. The van der Waals surface area contributed by atoms with Crippen LogP contribution < -0.4 is 0 Å². The van der Waals surface area contributed by atoms with Gasteiger partial charge in [-0.1, -0.05) is 36.4 Å². The highest BCUT2D eigenvalue weighted by Gasteiger charge is 2.43. The summed E-state index contributed by atoms with van der Waals surface area (Å²) in [5, 5.41) is 0. The van der Waals surface area contributed by atoms with Crippen LogP contribution in [-0.2, 0) is 11.3 Å². The van der Waals surface area contributed by atoms with Gasteiger partial charge >= 0.3 is 6.09 Å². The largest absolute Gasteiger partial charge is 0.445 e. The maximum absolute atomic E-state index is 12.9. The van der Waals surface area contributed by atoms with Crippen LogP contribution in [0.1, 0.15) is 24.8 Å². The average Bonchev–Trinajstić information content (AvgIpc) is 2.77. The van der Waals surface area contributed by atoms with Crippen molar-refractivity contribution in [3.8, 4) is 0 Å². The monoisotopic (exact) mass is 393 g/mol.